The highest BCUT2D eigenvalue weighted by molar-refractivity contribution is 5.78. The van der Waals surface area contributed by atoms with Crippen LogP contribution >= 0.6 is 0 Å². The molecule has 0 aliphatic heterocycles. The summed E-state index contributed by atoms with van der Waals surface area (Å²) in [7, 11) is 1.61. The number of carbonyl (C=O) groups excluding carboxylic acids is 1. The molecule has 0 spiro atoms. The smallest absolute Gasteiger partial charge is 0.459 e. The molecule has 0 unspecified atom stereocenters. The molecule has 0 atom stereocenters. The van der Waals surface area contributed by atoms with Gasteiger partial charge >= 0.3 is 18.1 Å². The summed E-state index contributed by atoms with van der Waals surface area (Å²) < 4.78 is 112. The highest BCUT2D eigenvalue weighted by Gasteiger charge is 2.64. The third kappa shape index (κ3) is 21.7. The molecule has 0 amide bonds. The van der Waals surface area contributed by atoms with E-state index in [1.807, 2.05) is 0 Å². The van der Waals surface area contributed by atoms with Gasteiger partial charge in [0.2, 0.25) is 0 Å². The summed E-state index contributed by atoms with van der Waals surface area (Å²) in [6, 6.07) is 0. The number of ether oxygens (including phenoxy) is 10. The monoisotopic (exact) mass is 574 g/mol. The average Bonchev–Trinajstić information content (AvgIpc) is 2.87. The average molecular weight is 575 g/mol. The second kappa shape index (κ2) is 24.8. The summed E-state index contributed by atoms with van der Waals surface area (Å²) in [6.07, 6.45) is -6.00. The van der Waals surface area contributed by atoms with E-state index in [4.69, 9.17) is 42.6 Å². The topological polar surface area (TPSA) is 109 Å². The number of carbonyl (C=O) groups is 1. The van der Waals surface area contributed by atoms with Gasteiger partial charge in [-0.1, -0.05) is 0 Å². The van der Waals surface area contributed by atoms with Crippen molar-refractivity contribution in [2.75, 3.05) is 126 Å². The fourth-order valence-corrected chi connectivity index (χ4v) is 2.18. The molecule has 0 rings (SSSR count). The maximum Gasteiger partial charge on any atom is 0.465 e. The molecule has 16 heteroatoms. The van der Waals surface area contributed by atoms with Crippen LogP contribution in [-0.2, 0) is 52.2 Å². The van der Waals surface area contributed by atoms with E-state index in [1.165, 1.54) is 0 Å². The zero-order valence-corrected chi connectivity index (χ0v) is 21.6. The highest BCUT2D eigenvalue weighted by Crippen LogP contribution is 2.36. The van der Waals surface area contributed by atoms with Gasteiger partial charge in [0.25, 0.3) is 0 Å². The Morgan fingerprint density at radius 2 is 0.684 bits per heavy atom. The maximum atomic E-state index is 12.6. The van der Waals surface area contributed by atoms with Crippen molar-refractivity contribution in [2.45, 2.75) is 12.1 Å². The van der Waals surface area contributed by atoms with E-state index in [-0.39, 0.29) is 26.4 Å². The molecule has 0 saturated carbocycles. The summed E-state index contributed by atoms with van der Waals surface area (Å²) >= 11 is 0. The van der Waals surface area contributed by atoms with Crippen LogP contribution in [-0.4, -0.2) is 144 Å². The van der Waals surface area contributed by atoms with Crippen LogP contribution in [0.15, 0.2) is 0 Å². The number of alkyl halides is 5. The van der Waals surface area contributed by atoms with Gasteiger partial charge in [0.05, 0.1) is 112 Å². The Hall–Kier alpha value is -1.24. The van der Waals surface area contributed by atoms with Gasteiger partial charge < -0.3 is 47.4 Å². The van der Waals surface area contributed by atoms with Crippen molar-refractivity contribution in [1.82, 2.24) is 0 Å². The summed E-state index contributed by atoms with van der Waals surface area (Å²) in [5, 5.41) is 0. The van der Waals surface area contributed by atoms with E-state index in [2.05, 4.69) is 4.74 Å². The summed E-state index contributed by atoms with van der Waals surface area (Å²) in [4.78, 5) is 10.7. The number of hydrogen-bond acceptors (Lipinski definition) is 11. The van der Waals surface area contributed by atoms with Crippen molar-refractivity contribution in [1.29, 1.82) is 0 Å². The largest absolute Gasteiger partial charge is 0.465 e. The van der Waals surface area contributed by atoms with E-state index in [0.717, 1.165) is 0 Å². The number of halogens is 5. The minimum atomic E-state index is -6.00. The molecule has 0 aliphatic rings. The van der Waals surface area contributed by atoms with Gasteiger partial charge in [-0.25, -0.2) is 4.79 Å². The summed E-state index contributed by atoms with van der Waals surface area (Å²) in [5.74, 6) is -8.22. The molecule has 0 radical (unpaired) electrons. The molecule has 0 aromatic carbocycles. The van der Waals surface area contributed by atoms with Crippen LogP contribution in [0.1, 0.15) is 0 Å². The lowest BCUT2D eigenvalue weighted by Crippen LogP contribution is -2.45. The van der Waals surface area contributed by atoms with Crippen molar-refractivity contribution < 1.29 is 74.1 Å². The first-order valence-corrected chi connectivity index (χ1v) is 12.0. The fourth-order valence-electron chi connectivity index (χ4n) is 2.18. The van der Waals surface area contributed by atoms with E-state index in [9.17, 15) is 26.7 Å². The Morgan fingerprint density at radius 3 is 0.921 bits per heavy atom. The Balaban J connectivity index is 3.21. The molecule has 0 aromatic rings. The van der Waals surface area contributed by atoms with Gasteiger partial charge in [-0.15, -0.1) is 0 Å². The Kier molecular flexibility index (Phi) is 24.0. The molecule has 228 valence electrons. The van der Waals surface area contributed by atoms with Crippen LogP contribution < -0.4 is 0 Å². The summed E-state index contributed by atoms with van der Waals surface area (Å²) in [5.41, 5.74) is 0. The molecule has 0 saturated heterocycles. The van der Waals surface area contributed by atoms with Crippen LogP contribution in [0.2, 0.25) is 0 Å². The first-order valence-electron chi connectivity index (χ1n) is 12.0. The third-order valence-corrected chi connectivity index (χ3v) is 4.11. The zero-order valence-electron chi connectivity index (χ0n) is 21.6. The maximum absolute atomic E-state index is 12.6. The molecule has 0 aromatic heterocycles. The lowest BCUT2D eigenvalue weighted by atomic mass is 10.3. The second-order valence-electron chi connectivity index (χ2n) is 7.10. The predicted molar refractivity (Wildman–Crippen MR) is 120 cm³/mol. The van der Waals surface area contributed by atoms with Crippen LogP contribution in [0.3, 0.4) is 0 Å². The number of esters is 1. The molecular formula is C22H39F5O11. The molecule has 0 heterocycles. The van der Waals surface area contributed by atoms with Gasteiger partial charge in [-0.05, 0) is 0 Å². The molecule has 0 fully saturated rings. The SMILES string of the molecule is COCCOCCOCCOCCOCCOCCOCCOCCOCCOC(=O)C(F)(F)C(F)(F)F. The Labute approximate surface area is 219 Å². The standard InChI is InChI=1S/C22H39F5O11/c1-29-2-3-30-4-5-31-6-7-32-8-9-33-10-11-34-12-13-35-14-15-36-16-17-37-18-19-38-20(28)21(23,24)22(25,26)27/h2-19H2,1H3. The Morgan fingerprint density at radius 1 is 0.447 bits per heavy atom. The normalized spacial score (nSPS) is 12.3. The number of hydrogen-bond donors (Lipinski definition) is 0. The van der Waals surface area contributed by atoms with Crippen molar-refractivity contribution in [2.24, 2.45) is 0 Å². The molecule has 0 bridgehead atoms. The van der Waals surface area contributed by atoms with Crippen molar-refractivity contribution in [3.05, 3.63) is 0 Å². The minimum absolute atomic E-state index is 0.0280. The molecule has 0 N–H and O–H groups in total. The van der Waals surface area contributed by atoms with Crippen molar-refractivity contribution in [3.63, 3.8) is 0 Å². The zero-order chi connectivity index (χ0) is 28.4. The predicted octanol–water partition coefficient (Wildman–Crippen LogP) is 1.51. The van der Waals surface area contributed by atoms with Crippen LogP contribution in [0.4, 0.5) is 22.0 Å². The lowest BCUT2D eigenvalue weighted by molar-refractivity contribution is -0.280. The van der Waals surface area contributed by atoms with Crippen LogP contribution in [0.5, 0.6) is 0 Å². The van der Waals surface area contributed by atoms with Crippen LogP contribution in [0.25, 0.3) is 0 Å². The lowest BCUT2D eigenvalue weighted by Gasteiger charge is -2.17. The Bertz CT molecular complexity index is 542. The van der Waals surface area contributed by atoms with Crippen molar-refractivity contribution in [3.8, 4) is 0 Å². The van der Waals surface area contributed by atoms with Crippen LogP contribution in [0, 0.1) is 0 Å². The quantitative estimate of drug-likeness (QED) is 0.0771. The molecular weight excluding hydrogens is 535 g/mol. The van der Waals surface area contributed by atoms with E-state index in [1.54, 1.807) is 7.11 Å². The number of methoxy groups -OCH3 is 1. The molecule has 38 heavy (non-hydrogen) atoms. The minimum Gasteiger partial charge on any atom is -0.459 e. The van der Waals surface area contributed by atoms with Gasteiger partial charge in [-0.2, -0.15) is 22.0 Å². The van der Waals surface area contributed by atoms with Crippen molar-refractivity contribution >= 4 is 5.97 Å². The van der Waals surface area contributed by atoms with E-state index < -0.39 is 24.7 Å². The van der Waals surface area contributed by atoms with Gasteiger partial charge in [-0.3, -0.25) is 0 Å². The van der Waals surface area contributed by atoms with Gasteiger partial charge in [0.1, 0.15) is 6.61 Å². The highest BCUT2D eigenvalue weighted by atomic mass is 19.4. The van der Waals surface area contributed by atoms with E-state index >= 15 is 0 Å². The fraction of sp³-hybridized carbons (Fsp3) is 0.955. The van der Waals surface area contributed by atoms with E-state index in [0.29, 0.717) is 85.9 Å². The molecule has 11 nitrogen and oxygen atoms in total. The third-order valence-electron chi connectivity index (χ3n) is 4.11. The first-order chi connectivity index (χ1) is 18.2. The van der Waals surface area contributed by atoms with Gasteiger partial charge in [0.15, 0.2) is 0 Å². The van der Waals surface area contributed by atoms with Gasteiger partial charge in [0, 0.05) is 7.11 Å². The number of rotatable bonds is 28. The molecule has 0 aliphatic carbocycles. The second-order valence-corrected chi connectivity index (χ2v) is 7.10. The summed E-state index contributed by atoms with van der Waals surface area (Å²) in [6.45, 7) is 5.17. The first kappa shape index (κ1) is 36.8.